The van der Waals surface area contributed by atoms with Gasteiger partial charge in [0.1, 0.15) is 0 Å². The molecule has 0 aromatic heterocycles. The molecular weight excluding hydrogens is 236 g/mol. The summed E-state index contributed by atoms with van der Waals surface area (Å²) in [6.07, 6.45) is 4.88. The van der Waals surface area contributed by atoms with Crippen LogP contribution < -0.4 is 58.2 Å². The van der Waals surface area contributed by atoms with Crippen LogP contribution in [0.3, 0.4) is 0 Å². The molecule has 1 heterocycles. The van der Waals surface area contributed by atoms with Crippen molar-refractivity contribution < 1.29 is 63.0 Å². The summed E-state index contributed by atoms with van der Waals surface area (Å²) in [6.45, 7) is 4.44. The van der Waals surface area contributed by atoms with Gasteiger partial charge in [0.25, 0.3) is 0 Å². The Morgan fingerprint density at radius 3 is 2.77 bits per heavy atom. The number of hydrogen-bond acceptors (Lipinski definition) is 1. The van der Waals surface area contributed by atoms with E-state index in [1.165, 1.54) is 6.42 Å². The van der Waals surface area contributed by atoms with Crippen LogP contribution in [-0.2, 0) is 4.79 Å². The first-order valence-electron chi connectivity index (χ1n) is 4.61. The first-order chi connectivity index (χ1) is 5.68. The van der Waals surface area contributed by atoms with Crippen LogP contribution >= 0.6 is 0 Å². The largest absolute Gasteiger partial charge is 1.00 e. The van der Waals surface area contributed by atoms with Gasteiger partial charge in [-0.1, -0.05) is 25.8 Å². The molecule has 66 valence electrons. The van der Waals surface area contributed by atoms with E-state index in [2.05, 4.69) is 19.2 Å². The Balaban J connectivity index is 0.000000845. The van der Waals surface area contributed by atoms with Gasteiger partial charge in [0.2, 0.25) is 0 Å². The fourth-order valence-corrected chi connectivity index (χ4v) is 2.50. The summed E-state index contributed by atoms with van der Waals surface area (Å²) in [5, 5.41) is 4.15. The first-order valence-corrected chi connectivity index (χ1v) is 4.61. The number of fused-ring (bicyclic) bond motifs is 1. The maximum atomic E-state index is 11.0. The molecule has 3 heteroatoms. The molecule has 13 heavy (non-hydrogen) atoms. The molecule has 0 aromatic carbocycles. The van der Waals surface area contributed by atoms with Crippen LogP contribution in [0.1, 0.15) is 20.3 Å². The summed E-state index contributed by atoms with van der Waals surface area (Å²) in [5.74, 6) is 1.76. The van der Waals surface area contributed by atoms with Crippen molar-refractivity contribution in [2.45, 2.75) is 26.3 Å². The van der Waals surface area contributed by atoms with Crippen molar-refractivity contribution in [1.29, 1.82) is 0 Å². The Kier molecular flexibility index (Phi) is 4.36. The van der Waals surface area contributed by atoms with Crippen molar-refractivity contribution in [2.75, 3.05) is 0 Å². The Morgan fingerprint density at radius 1 is 1.38 bits per heavy atom. The molecule has 1 amide bonds. The van der Waals surface area contributed by atoms with Crippen LogP contribution in [0.25, 0.3) is 5.32 Å². The molecule has 0 N–H and O–H groups in total. The number of amides is 1. The summed E-state index contributed by atoms with van der Waals surface area (Å²) in [4.78, 5) is 11.0. The Morgan fingerprint density at radius 2 is 2.08 bits per heavy atom. The van der Waals surface area contributed by atoms with E-state index >= 15 is 0 Å². The van der Waals surface area contributed by atoms with Crippen LogP contribution in [0.4, 0.5) is 0 Å². The normalized spacial score (nSPS) is 42.2. The topological polar surface area (TPSA) is 31.2 Å². The average molecular weight is 250 g/mol. The molecule has 0 spiro atoms. The summed E-state index contributed by atoms with van der Waals surface area (Å²) >= 11 is 0. The molecule has 1 aliphatic carbocycles. The van der Waals surface area contributed by atoms with Gasteiger partial charge < -0.3 is 10.1 Å². The van der Waals surface area contributed by atoms with Gasteiger partial charge in [-0.25, -0.2) is 0 Å². The molecule has 1 aliphatic heterocycles. The SMILES string of the molecule is CC1CC(C)C2[N-]C(=O)C=CC12.[Rb+]. The number of rotatable bonds is 0. The van der Waals surface area contributed by atoms with Crippen LogP contribution in [0.2, 0.25) is 0 Å². The molecule has 2 aliphatic rings. The maximum Gasteiger partial charge on any atom is 1.00 e. The third kappa shape index (κ3) is 2.33. The minimum absolute atomic E-state index is 0. The number of carbonyl (C=O) groups is 1. The van der Waals surface area contributed by atoms with E-state index in [1.54, 1.807) is 6.08 Å². The van der Waals surface area contributed by atoms with E-state index in [0.29, 0.717) is 17.8 Å². The van der Waals surface area contributed by atoms with Gasteiger partial charge in [-0.15, -0.1) is 6.04 Å². The van der Waals surface area contributed by atoms with Crippen molar-refractivity contribution in [3.05, 3.63) is 17.5 Å². The maximum absolute atomic E-state index is 11.0. The summed E-state index contributed by atoms with van der Waals surface area (Å²) in [7, 11) is 0. The Bertz CT molecular complexity index is 239. The minimum atomic E-state index is -0.0443. The molecule has 1 saturated carbocycles. The van der Waals surface area contributed by atoms with Gasteiger partial charge in [0, 0.05) is 0 Å². The second-order valence-corrected chi connectivity index (χ2v) is 4.08. The van der Waals surface area contributed by atoms with Gasteiger partial charge in [0.05, 0.1) is 5.91 Å². The summed E-state index contributed by atoms with van der Waals surface area (Å²) in [6, 6.07) is 0.275. The predicted molar refractivity (Wildman–Crippen MR) is 47.7 cm³/mol. The quantitative estimate of drug-likeness (QED) is 0.549. The summed E-state index contributed by atoms with van der Waals surface area (Å²) < 4.78 is 0. The zero-order valence-electron chi connectivity index (χ0n) is 8.53. The van der Waals surface area contributed by atoms with Gasteiger partial charge >= 0.3 is 58.2 Å². The zero-order chi connectivity index (χ0) is 8.72. The summed E-state index contributed by atoms with van der Waals surface area (Å²) in [5.41, 5.74) is 0. The third-order valence-electron chi connectivity index (χ3n) is 3.12. The van der Waals surface area contributed by atoms with Crippen LogP contribution in [0.15, 0.2) is 12.2 Å². The van der Waals surface area contributed by atoms with Gasteiger partial charge in [-0.05, 0) is 24.3 Å². The molecule has 0 aromatic rings. The fourth-order valence-electron chi connectivity index (χ4n) is 2.50. The van der Waals surface area contributed by atoms with E-state index in [-0.39, 0.29) is 70.1 Å². The third-order valence-corrected chi connectivity index (χ3v) is 3.12. The molecule has 2 rings (SSSR count). The van der Waals surface area contributed by atoms with E-state index in [4.69, 9.17) is 0 Å². The van der Waals surface area contributed by atoms with E-state index in [1.807, 2.05) is 6.08 Å². The predicted octanol–water partition coefficient (Wildman–Crippen LogP) is -0.879. The monoisotopic (exact) mass is 249 g/mol. The second-order valence-electron chi connectivity index (χ2n) is 4.08. The van der Waals surface area contributed by atoms with Crippen molar-refractivity contribution in [2.24, 2.45) is 17.8 Å². The van der Waals surface area contributed by atoms with Crippen molar-refractivity contribution in [3.8, 4) is 0 Å². The van der Waals surface area contributed by atoms with Gasteiger partial charge in [-0.2, -0.15) is 0 Å². The number of hydrogen-bond donors (Lipinski definition) is 0. The van der Waals surface area contributed by atoms with Crippen LogP contribution in [-0.4, -0.2) is 11.9 Å². The second kappa shape index (κ2) is 4.69. The first kappa shape index (κ1) is 12.1. The number of nitrogens with zero attached hydrogens (tertiary/aromatic N) is 1. The van der Waals surface area contributed by atoms with E-state index in [0.717, 1.165) is 0 Å². The van der Waals surface area contributed by atoms with Crippen LogP contribution in [0, 0.1) is 17.8 Å². The molecular formula is C10H14NORb. The molecule has 0 saturated heterocycles. The minimum Gasteiger partial charge on any atom is -0.646 e. The smallest absolute Gasteiger partial charge is 0.646 e. The standard InChI is InChI=1S/C10H15NO.Rb/c1-6-5-7(2)10-8(6)3-4-9(12)11-10;/h3-4,6-8,10H,5H2,1-2H3,(H,11,12);/q;+1/p-1. The molecule has 0 radical (unpaired) electrons. The Hall–Kier alpha value is 1.02. The van der Waals surface area contributed by atoms with Gasteiger partial charge in [0.15, 0.2) is 0 Å². The molecule has 4 atom stereocenters. The van der Waals surface area contributed by atoms with E-state index in [9.17, 15) is 4.79 Å². The van der Waals surface area contributed by atoms with Gasteiger partial charge in [-0.3, -0.25) is 0 Å². The molecule has 4 unspecified atom stereocenters. The van der Waals surface area contributed by atoms with Crippen molar-refractivity contribution in [3.63, 3.8) is 0 Å². The van der Waals surface area contributed by atoms with Crippen LogP contribution in [0.5, 0.6) is 0 Å². The van der Waals surface area contributed by atoms with E-state index < -0.39 is 0 Å². The molecule has 0 bridgehead atoms. The molecule has 2 nitrogen and oxygen atoms in total. The van der Waals surface area contributed by atoms with Crippen molar-refractivity contribution >= 4 is 5.91 Å². The Labute approximate surface area is 128 Å². The zero-order valence-corrected chi connectivity index (χ0v) is 13.4. The number of carbonyl (C=O) groups excluding carboxylic acids is 1. The fraction of sp³-hybridized carbons (Fsp3) is 0.700. The average Bonchev–Trinajstić information content (AvgIpc) is 2.28. The molecule has 1 fully saturated rings. The van der Waals surface area contributed by atoms with Crippen molar-refractivity contribution in [1.82, 2.24) is 0 Å².